The van der Waals surface area contributed by atoms with E-state index in [9.17, 15) is 19.5 Å². The fraction of sp³-hybridized carbons (Fsp3) is 0.889. The van der Waals surface area contributed by atoms with Crippen LogP contribution in [0.5, 0.6) is 0 Å². The van der Waals surface area contributed by atoms with Crippen LogP contribution < -0.4 is 0 Å². The van der Waals surface area contributed by atoms with Crippen molar-refractivity contribution in [3.8, 4) is 0 Å². The molecule has 0 spiro atoms. The topological polar surface area (TPSA) is 87.2 Å². The third kappa shape index (κ3) is 6.51. The van der Waals surface area contributed by atoms with Crippen molar-refractivity contribution in [3.63, 3.8) is 0 Å². The van der Waals surface area contributed by atoms with Gasteiger partial charge < -0.3 is 14.7 Å². The number of rotatable bonds is 9. The summed E-state index contributed by atoms with van der Waals surface area (Å²) in [6.07, 6.45) is 12.2. The number of carbonyl (C=O) groups excluding carboxylic acids is 2. The quantitative estimate of drug-likeness (QED) is 0.189. The Bertz CT molecular complexity index is 1410. The van der Waals surface area contributed by atoms with E-state index in [1.54, 1.807) is 0 Å². The highest BCUT2D eigenvalue weighted by Crippen LogP contribution is 2.78. The largest absolute Gasteiger partial charge is 0.481 e. The van der Waals surface area contributed by atoms with Crippen LogP contribution in [0.25, 0.3) is 0 Å². The number of carboxylic acid groups (broad SMARTS) is 1. The van der Waals surface area contributed by atoms with Crippen LogP contribution in [0, 0.1) is 62.1 Å². The van der Waals surface area contributed by atoms with E-state index in [-0.39, 0.29) is 52.0 Å². The van der Waals surface area contributed by atoms with Crippen molar-refractivity contribution in [2.24, 2.45) is 62.1 Å². The van der Waals surface area contributed by atoms with E-state index >= 15 is 0 Å². The second kappa shape index (κ2) is 13.7. The number of nitrogens with zero attached hydrogens (tertiary/aromatic N) is 2. The molecule has 294 valence electrons. The SMILES string of the molecule is C=C(C)[C@@H]1CC[C@]2(CC(=O)N3CCN(C(C)C)CC3)CC[C@]3(C)[C@H](CC[C@@H]4[C@@]5(C)CC[C@H](OC(=O)CC(C)(C)CC(=O)O)C(C)(C)[C@@H]5CC[C@]43C)[C@@H]12. The smallest absolute Gasteiger partial charge is 0.306 e. The Kier molecular flexibility index (Phi) is 10.5. The first-order valence-electron chi connectivity index (χ1n) is 21.2. The minimum absolute atomic E-state index is 0.0436. The van der Waals surface area contributed by atoms with Crippen molar-refractivity contribution in [1.82, 2.24) is 9.80 Å². The zero-order valence-electron chi connectivity index (χ0n) is 34.7. The van der Waals surface area contributed by atoms with Gasteiger partial charge in [0.15, 0.2) is 0 Å². The number of ether oxygens (including phenoxy) is 1. The number of hydrogen-bond acceptors (Lipinski definition) is 5. The summed E-state index contributed by atoms with van der Waals surface area (Å²) in [7, 11) is 0. The molecule has 5 aliphatic carbocycles. The van der Waals surface area contributed by atoms with Gasteiger partial charge in [0, 0.05) is 44.1 Å². The van der Waals surface area contributed by atoms with Crippen LogP contribution in [0.2, 0.25) is 0 Å². The molecule has 52 heavy (non-hydrogen) atoms. The van der Waals surface area contributed by atoms with Crippen molar-refractivity contribution in [1.29, 1.82) is 0 Å². The molecule has 0 aromatic carbocycles. The summed E-state index contributed by atoms with van der Waals surface area (Å²) in [6.45, 7) is 31.4. The number of aliphatic carboxylic acids is 1. The fourth-order valence-electron chi connectivity index (χ4n) is 14.7. The molecule has 0 aromatic rings. The first-order valence-corrected chi connectivity index (χ1v) is 21.2. The van der Waals surface area contributed by atoms with Gasteiger partial charge in [-0.25, -0.2) is 0 Å². The molecule has 5 saturated carbocycles. The highest BCUT2D eigenvalue weighted by Gasteiger charge is 2.71. The van der Waals surface area contributed by atoms with E-state index < -0.39 is 11.4 Å². The van der Waals surface area contributed by atoms with Gasteiger partial charge in [0.2, 0.25) is 5.91 Å². The van der Waals surface area contributed by atoms with Gasteiger partial charge in [-0.2, -0.15) is 0 Å². The lowest BCUT2D eigenvalue weighted by Gasteiger charge is -2.73. The molecule has 7 nitrogen and oxygen atoms in total. The second-order valence-corrected chi connectivity index (χ2v) is 21.5. The van der Waals surface area contributed by atoms with E-state index in [1.165, 1.54) is 44.1 Å². The van der Waals surface area contributed by atoms with Crippen LogP contribution in [0.15, 0.2) is 12.2 Å². The third-order valence-corrected chi connectivity index (χ3v) is 17.6. The van der Waals surface area contributed by atoms with E-state index in [2.05, 4.69) is 71.8 Å². The summed E-state index contributed by atoms with van der Waals surface area (Å²) in [6, 6.07) is 0.532. The van der Waals surface area contributed by atoms with E-state index in [0.717, 1.165) is 58.3 Å². The molecule has 1 aliphatic heterocycles. The average molecular weight is 723 g/mol. The number of amides is 1. The molecule has 0 radical (unpaired) electrons. The van der Waals surface area contributed by atoms with Gasteiger partial charge in [0.05, 0.1) is 12.8 Å². The molecular formula is C45H74N2O5. The average Bonchev–Trinajstić information content (AvgIpc) is 3.41. The first kappa shape index (κ1) is 39.8. The van der Waals surface area contributed by atoms with E-state index in [4.69, 9.17) is 4.74 Å². The Morgan fingerprint density at radius 1 is 0.827 bits per heavy atom. The Morgan fingerprint density at radius 2 is 1.50 bits per heavy atom. The molecule has 6 fully saturated rings. The number of carbonyl (C=O) groups is 3. The Balaban J connectivity index is 1.21. The fourth-order valence-corrected chi connectivity index (χ4v) is 14.7. The summed E-state index contributed by atoms with van der Waals surface area (Å²) in [4.78, 5) is 43.5. The standard InChI is InChI=1S/C45H74N2O5/c1-29(2)31-14-19-45(26-36(48)47-24-22-46(23-25-47)30(3)4)21-20-43(10)32(39(31)45)12-13-34-42(9)17-16-35(41(7,8)33(42)15-18-44(34,43)11)52-38(51)28-40(5,6)27-37(49)50/h30-35,39H,1,12-28H2,2-11H3,(H,49,50)/t31-,32+,33-,34+,35-,39+,42-,43+,44+,45+/m0/s1. The number of piperazine rings is 1. The van der Waals surface area contributed by atoms with Crippen LogP contribution >= 0.6 is 0 Å². The minimum Gasteiger partial charge on any atom is -0.481 e. The maximum absolute atomic E-state index is 14.2. The molecule has 7 heteroatoms. The van der Waals surface area contributed by atoms with Crippen LogP contribution in [-0.2, 0) is 19.1 Å². The molecule has 0 bridgehead atoms. The molecule has 1 N–H and O–H groups in total. The molecule has 1 heterocycles. The van der Waals surface area contributed by atoms with Gasteiger partial charge in [-0.3, -0.25) is 19.3 Å². The van der Waals surface area contributed by atoms with Gasteiger partial charge >= 0.3 is 11.9 Å². The highest BCUT2D eigenvalue weighted by molar-refractivity contribution is 5.77. The van der Waals surface area contributed by atoms with Crippen LogP contribution in [-0.4, -0.2) is 71.1 Å². The zero-order valence-corrected chi connectivity index (χ0v) is 34.7. The number of hydrogen-bond donors (Lipinski definition) is 1. The molecule has 6 rings (SSSR count). The van der Waals surface area contributed by atoms with Gasteiger partial charge in [-0.15, -0.1) is 0 Å². The second-order valence-electron chi connectivity index (χ2n) is 21.5. The zero-order chi connectivity index (χ0) is 38.2. The summed E-state index contributed by atoms with van der Waals surface area (Å²) in [5.41, 5.74) is 1.23. The van der Waals surface area contributed by atoms with Crippen LogP contribution in [0.3, 0.4) is 0 Å². The Morgan fingerprint density at radius 3 is 2.12 bits per heavy atom. The molecule has 1 amide bonds. The maximum Gasteiger partial charge on any atom is 0.306 e. The molecule has 0 aromatic heterocycles. The maximum atomic E-state index is 14.2. The lowest BCUT2D eigenvalue weighted by atomic mass is 9.32. The number of esters is 1. The van der Waals surface area contributed by atoms with E-state index in [0.29, 0.717) is 41.5 Å². The molecular weight excluding hydrogens is 649 g/mol. The van der Waals surface area contributed by atoms with Gasteiger partial charge in [0.1, 0.15) is 6.10 Å². The summed E-state index contributed by atoms with van der Waals surface area (Å²) < 4.78 is 6.30. The molecule has 10 atom stereocenters. The molecule has 6 aliphatic rings. The van der Waals surface area contributed by atoms with Gasteiger partial charge in [-0.1, -0.05) is 60.6 Å². The Hall–Kier alpha value is -1.89. The highest BCUT2D eigenvalue weighted by atomic mass is 16.5. The molecule has 1 saturated heterocycles. The first-order chi connectivity index (χ1) is 24.1. The van der Waals surface area contributed by atoms with E-state index in [1.807, 2.05) is 13.8 Å². The Labute approximate surface area is 316 Å². The van der Waals surface area contributed by atoms with Crippen LogP contribution in [0.1, 0.15) is 153 Å². The minimum atomic E-state index is -0.878. The summed E-state index contributed by atoms with van der Waals surface area (Å²) in [5, 5.41) is 9.36. The van der Waals surface area contributed by atoms with Crippen LogP contribution in [0.4, 0.5) is 0 Å². The van der Waals surface area contributed by atoms with Crippen molar-refractivity contribution >= 4 is 17.8 Å². The summed E-state index contributed by atoms with van der Waals surface area (Å²) >= 11 is 0. The predicted molar refractivity (Wildman–Crippen MR) is 207 cm³/mol. The summed E-state index contributed by atoms with van der Waals surface area (Å²) in [5.74, 6) is 1.99. The normalized spacial score (nSPS) is 41.7. The number of carboxylic acids is 1. The van der Waals surface area contributed by atoms with Gasteiger partial charge in [-0.05, 0) is 142 Å². The van der Waals surface area contributed by atoms with Crippen molar-refractivity contribution in [2.75, 3.05) is 26.2 Å². The monoisotopic (exact) mass is 723 g/mol. The predicted octanol–water partition coefficient (Wildman–Crippen LogP) is 9.39. The third-order valence-electron chi connectivity index (χ3n) is 17.6. The van der Waals surface area contributed by atoms with Crippen molar-refractivity contribution in [3.05, 3.63) is 12.2 Å². The van der Waals surface area contributed by atoms with Crippen molar-refractivity contribution < 1.29 is 24.2 Å². The number of allylic oxidation sites excluding steroid dienone is 1. The lowest BCUT2D eigenvalue weighted by molar-refractivity contribution is -0.250. The lowest BCUT2D eigenvalue weighted by Crippen LogP contribution is -2.67. The number of fused-ring (bicyclic) bond motifs is 7. The molecule has 0 unspecified atom stereocenters. The van der Waals surface area contributed by atoms with Gasteiger partial charge in [0.25, 0.3) is 0 Å². The van der Waals surface area contributed by atoms with Crippen molar-refractivity contribution in [2.45, 2.75) is 165 Å².